The molecule has 90 valence electrons. The first kappa shape index (κ1) is 11.2. The van der Waals surface area contributed by atoms with Crippen LogP contribution in [-0.4, -0.2) is 20.4 Å². The molecule has 0 amide bonds. The highest BCUT2D eigenvalue weighted by Gasteiger charge is 2.12. The molecule has 0 bridgehead atoms. The van der Waals surface area contributed by atoms with Crippen molar-refractivity contribution >= 4 is 22.8 Å². The average molecular weight is 258 g/mol. The van der Waals surface area contributed by atoms with Crippen molar-refractivity contribution in [1.29, 1.82) is 0 Å². The number of alkyl halides is 1. The number of hydrogen-bond acceptors (Lipinski definition) is 2. The number of benzene rings is 1. The van der Waals surface area contributed by atoms with Gasteiger partial charge in [0.15, 0.2) is 5.65 Å². The van der Waals surface area contributed by atoms with Gasteiger partial charge in [0, 0.05) is 24.2 Å². The fraction of sp³-hybridized carbons (Fsp3) is 0.143. The van der Waals surface area contributed by atoms with Gasteiger partial charge >= 0.3 is 0 Å². The first-order valence-corrected chi connectivity index (χ1v) is 6.37. The SMILES string of the molecule is ClCCc1nc2cccnc2n1-c1ccccc1. The Kier molecular flexibility index (Phi) is 2.99. The summed E-state index contributed by atoms with van der Waals surface area (Å²) in [5, 5.41) is 0. The minimum absolute atomic E-state index is 0.552. The summed E-state index contributed by atoms with van der Waals surface area (Å²) >= 11 is 5.85. The molecular weight excluding hydrogens is 246 g/mol. The molecule has 3 rings (SSSR count). The van der Waals surface area contributed by atoms with Crippen molar-refractivity contribution in [2.75, 3.05) is 5.88 Å². The Balaban J connectivity index is 2.28. The van der Waals surface area contributed by atoms with Crippen LogP contribution in [0.15, 0.2) is 48.7 Å². The smallest absolute Gasteiger partial charge is 0.164 e. The minimum atomic E-state index is 0.552. The van der Waals surface area contributed by atoms with Crippen molar-refractivity contribution in [2.45, 2.75) is 6.42 Å². The summed E-state index contributed by atoms with van der Waals surface area (Å²) in [4.78, 5) is 9.01. The van der Waals surface area contributed by atoms with Crippen molar-refractivity contribution in [1.82, 2.24) is 14.5 Å². The molecule has 0 radical (unpaired) electrons. The Morgan fingerprint density at radius 3 is 2.67 bits per heavy atom. The average Bonchev–Trinajstić information content (AvgIpc) is 2.78. The second kappa shape index (κ2) is 4.78. The van der Waals surface area contributed by atoms with Gasteiger partial charge in [-0.15, -0.1) is 11.6 Å². The predicted octanol–water partition coefficient (Wildman–Crippen LogP) is 3.20. The highest BCUT2D eigenvalue weighted by atomic mass is 35.5. The van der Waals surface area contributed by atoms with E-state index in [1.807, 2.05) is 42.5 Å². The number of aromatic nitrogens is 3. The third-order valence-corrected chi connectivity index (χ3v) is 3.01. The largest absolute Gasteiger partial charge is 0.281 e. The van der Waals surface area contributed by atoms with E-state index in [1.165, 1.54) is 0 Å². The molecule has 2 aromatic heterocycles. The molecule has 0 saturated heterocycles. The zero-order valence-corrected chi connectivity index (χ0v) is 10.5. The summed E-state index contributed by atoms with van der Waals surface area (Å²) in [7, 11) is 0. The standard InChI is InChI=1S/C14H12ClN3/c15-9-8-13-17-12-7-4-10-16-14(12)18(13)11-5-2-1-3-6-11/h1-7,10H,8-9H2. The molecule has 0 fully saturated rings. The molecule has 0 atom stereocenters. The van der Waals surface area contributed by atoms with Crippen molar-refractivity contribution in [3.63, 3.8) is 0 Å². The Morgan fingerprint density at radius 2 is 1.89 bits per heavy atom. The number of pyridine rings is 1. The van der Waals surface area contributed by atoms with Crippen molar-refractivity contribution in [3.8, 4) is 5.69 Å². The second-order valence-electron chi connectivity index (χ2n) is 3.98. The van der Waals surface area contributed by atoms with E-state index in [4.69, 9.17) is 11.6 Å². The summed E-state index contributed by atoms with van der Waals surface area (Å²) in [5.41, 5.74) is 2.85. The van der Waals surface area contributed by atoms with Gasteiger partial charge in [0.05, 0.1) is 0 Å². The van der Waals surface area contributed by atoms with E-state index in [-0.39, 0.29) is 0 Å². The maximum Gasteiger partial charge on any atom is 0.164 e. The molecular formula is C14H12ClN3. The predicted molar refractivity (Wildman–Crippen MR) is 73.3 cm³/mol. The van der Waals surface area contributed by atoms with Gasteiger partial charge in [-0.1, -0.05) is 18.2 Å². The second-order valence-corrected chi connectivity index (χ2v) is 4.36. The molecule has 0 unspecified atom stereocenters. The Morgan fingerprint density at radius 1 is 1.06 bits per heavy atom. The van der Waals surface area contributed by atoms with E-state index < -0.39 is 0 Å². The minimum Gasteiger partial charge on any atom is -0.281 e. The summed E-state index contributed by atoms with van der Waals surface area (Å²) in [6, 6.07) is 14.0. The molecule has 0 aliphatic carbocycles. The van der Waals surface area contributed by atoms with Crippen LogP contribution in [0.5, 0.6) is 0 Å². The monoisotopic (exact) mass is 257 g/mol. The van der Waals surface area contributed by atoms with Gasteiger partial charge in [0.25, 0.3) is 0 Å². The first-order valence-electron chi connectivity index (χ1n) is 5.84. The summed E-state index contributed by atoms with van der Waals surface area (Å²) in [6.07, 6.45) is 2.51. The Bertz CT molecular complexity index is 661. The lowest BCUT2D eigenvalue weighted by atomic mass is 10.3. The maximum atomic E-state index is 5.85. The van der Waals surface area contributed by atoms with Gasteiger partial charge in [-0.3, -0.25) is 4.57 Å². The molecule has 2 heterocycles. The van der Waals surface area contributed by atoms with Crippen LogP contribution in [-0.2, 0) is 6.42 Å². The normalized spacial score (nSPS) is 10.9. The van der Waals surface area contributed by atoms with E-state index in [9.17, 15) is 0 Å². The molecule has 0 saturated carbocycles. The number of nitrogens with zero attached hydrogens (tertiary/aromatic N) is 3. The lowest BCUT2D eigenvalue weighted by molar-refractivity contribution is 0.905. The van der Waals surface area contributed by atoms with Crippen molar-refractivity contribution < 1.29 is 0 Å². The van der Waals surface area contributed by atoms with Crippen LogP contribution in [0.4, 0.5) is 0 Å². The van der Waals surface area contributed by atoms with E-state index in [0.717, 1.165) is 29.1 Å². The van der Waals surface area contributed by atoms with E-state index >= 15 is 0 Å². The highest BCUT2D eigenvalue weighted by molar-refractivity contribution is 6.17. The molecule has 0 spiro atoms. The van der Waals surface area contributed by atoms with Gasteiger partial charge < -0.3 is 0 Å². The molecule has 0 aliphatic heterocycles. The number of rotatable bonds is 3. The summed E-state index contributed by atoms with van der Waals surface area (Å²) in [5.74, 6) is 1.50. The van der Waals surface area contributed by atoms with Gasteiger partial charge in [-0.25, -0.2) is 9.97 Å². The Labute approximate surface area is 110 Å². The summed E-state index contributed by atoms with van der Waals surface area (Å²) < 4.78 is 2.07. The maximum absolute atomic E-state index is 5.85. The van der Waals surface area contributed by atoms with E-state index in [1.54, 1.807) is 6.20 Å². The molecule has 3 nitrogen and oxygen atoms in total. The number of aryl methyl sites for hydroxylation is 1. The number of fused-ring (bicyclic) bond motifs is 1. The van der Waals surface area contributed by atoms with Crippen LogP contribution in [0, 0.1) is 0 Å². The zero-order valence-electron chi connectivity index (χ0n) is 9.75. The van der Waals surface area contributed by atoms with Crippen LogP contribution in [0.25, 0.3) is 16.9 Å². The van der Waals surface area contributed by atoms with Gasteiger partial charge in [0.1, 0.15) is 11.3 Å². The Hall–Kier alpha value is -1.87. The topological polar surface area (TPSA) is 30.7 Å². The fourth-order valence-electron chi connectivity index (χ4n) is 2.06. The number of halogens is 1. The molecule has 3 aromatic rings. The van der Waals surface area contributed by atoms with E-state index in [0.29, 0.717) is 5.88 Å². The van der Waals surface area contributed by atoms with Crippen molar-refractivity contribution in [2.24, 2.45) is 0 Å². The van der Waals surface area contributed by atoms with E-state index in [2.05, 4.69) is 14.5 Å². The van der Waals surface area contributed by atoms with Crippen molar-refractivity contribution in [3.05, 3.63) is 54.5 Å². The van der Waals surface area contributed by atoms with Gasteiger partial charge in [0.2, 0.25) is 0 Å². The lowest BCUT2D eigenvalue weighted by Gasteiger charge is -2.07. The molecule has 1 aromatic carbocycles. The lowest BCUT2D eigenvalue weighted by Crippen LogP contribution is -2.02. The molecule has 18 heavy (non-hydrogen) atoms. The molecule has 0 N–H and O–H groups in total. The quantitative estimate of drug-likeness (QED) is 0.675. The zero-order chi connectivity index (χ0) is 12.4. The molecule has 4 heteroatoms. The number of para-hydroxylation sites is 1. The van der Waals surface area contributed by atoms with Gasteiger partial charge in [-0.2, -0.15) is 0 Å². The highest BCUT2D eigenvalue weighted by Crippen LogP contribution is 2.20. The molecule has 0 aliphatic rings. The summed E-state index contributed by atoms with van der Waals surface area (Å²) in [6.45, 7) is 0. The first-order chi connectivity index (χ1) is 8.90. The third-order valence-electron chi connectivity index (χ3n) is 2.82. The van der Waals surface area contributed by atoms with Crippen LogP contribution in [0.2, 0.25) is 0 Å². The van der Waals surface area contributed by atoms with Crippen LogP contribution in [0.3, 0.4) is 0 Å². The van der Waals surface area contributed by atoms with Crippen LogP contribution >= 0.6 is 11.6 Å². The number of hydrogen-bond donors (Lipinski definition) is 0. The van der Waals surface area contributed by atoms with Gasteiger partial charge in [-0.05, 0) is 24.3 Å². The number of imidazole rings is 1. The van der Waals surface area contributed by atoms with Crippen LogP contribution < -0.4 is 0 Å². The fourth-order valence-corrected chi connectivity index (χ4v) is 2.23. The third kappa shape index (κ3) is 1.87. The van der Waals surface area contributed by atoms with Crippen LogP contribution in [0.1, 0.15) is 5.82 Å².